The van der Waals surface area contributed by atoms with Crippen LogP contribution >= 0.6 is 0 Å². The number of benzene rings is 3. The van der Waals surface area contributed by atoms with Gasteiger partial charge < -0.3 is 15.5 Å². The van der Waals surface area contributed by atoms with E-state index in [0.717, 1.165) is 22.4 Å². The van der Waals surface area contributed by atoms with E-state index >= 15 is 0 Å². The number of rotatable bonds is 9. The van der Waals surface area contributed by atoms with Gasteiger partial charge in [-0.3, -0.25) is 9.59 Å². The monoisotopic (exact) mass is 506 g/mol. The van der Waals surface area contributed by atoms with Gasteiger partial charge in [-0.2, -0.15) is 4.72 Å². The molecular formula is C27H30N4O4S. The molecule has 2 amide bonds. The van der Waals surface area contributed by atoms with Crippen molar-refractivity contribution in [3.63, 3.8) is 0 Å². The van der Waals surface area contributed by atoms with Crippen LogP contribution in [0.2, 0.25) is 0 Å². The lowest BCUT2D eigenvalue weighted by Crippen LogP contribution is -2.47. The van der Waals surface area contributed by atoms with Gasteiger partial charge in [-0.1, -0.05) is 42.5 Å². The number of hydrogen-bond donors (Lipinski definition) is 3. The van der Waals surface area contributed by atoms with E-state index < -0.39 is 22.0 Å². The summed E-state index contributed by atoms with van der Waals surface area (Å²) in [6, 6.07) is 20.6. The minimum atomic E-state index is -4.00. The number of sulfonamides is 1. The van der Waals surface area contributed by atoms with Crippen molar-refractivity contribution in [2.45, 2.75) is 36.7 Å². The fourth-order valence-corrected chi connectivity index (χ4v) is 5.29. The molecule has 3 N–H and O–H groups in total. The molecule has 188 valence electrons. The Morgan fingerprint density at radius 2 is 1.69 bits per heavy atom. The van der Waals surface area contributed by atoms with E-state index in [0.29, 0.717) is 18.5 Å². The van der Waals surface area contributed by atoms with Gasteiger partial charge >= 0.3 is 0 Å². The minimum Gasteiger partial charge on any atom is -0.378 e. The Labute approximate surface area is 211 Å². The summed E-state index contributed by atoms with van der Waals surface area (Å²) >= 11 is 0. The summed E-state index contributed by atoms with van der Waals surface area (Å²) < 4.78 is 29.2. The maximum Gasteiger partial charge on any atom is 0.241 e. The van der Waals surface area contributed by atoms with E-state index in [2.05, 4.69) is 15.4 Å². The van der Waals surface area contributed by atoms with Crippen LogP contribution in [0, 0.1) is 0 Å². The number of hydrogen-bond acceptors (Lipinski definition) is 5. The van der Waals surface area contributed by atoms with Crippen molar-refractivity contribution in [2.75, 3.05) is 24.3 Å². The van der Waals surface area contributed by atoms with E-state index in [4.69, 9.17) is 0 Å². The van der Waals surface area contributed by atoms with Crippen molar-refractivity contribution in [2.24, 2.45) is 0 Å². The first-order chi connectivity index (χ1) is 17.2. The quantitative estimate of drug-likeness (QED) is 0.414. The Kier molecular flexibility index (Phi) is 7.71. The highest BCUT2D eigenvalue weighted by atomic mass is 32.2. The van der Waals surface area contributed by atoms with E-state index in [9.17, 15) is 18.0 Å². The maximum atomic E-state index is 13.3. The van der Waals surface area contributed by atoms with Crippen molar-refractivity contribution in [1.29, 1.82) is 0 Å². The molecule has 1 aliphatic rings. The molecule has 1 atom stereocenters. The molecule has 0 aliphatic carbocycles. The summed E-state index contributed by atoms with van der Waals surface area (Å²) in [7, 11) is -0.0907. The van der Waals surface area contributed by atoms with Crippen LogP contribution in [0.1, 0.15) is 23.1 Å². The normalized spacial score (nSPS) is 13.9. The topological polar surface area (TPSA) is 108 Å². The van der Waals surface area contributed by atoms with Gasteiger partial charge in [0.25, 0.3) is 0 Å². The van der Waals surface area contributed by atoms with Crippen LogP contribution < -0.4 is 20.3 Å². The van der Waals surface area contributed by atoms with E-state index in [-0.39, 0.29) is 23.8 Å². The molecule has 3 aromatic carbocycles. The van der Waals surface area contributed by atoms with Gasteiger partial charge in [0.1, 0.15) is 6.04 Å². The van der Waals surface area contributed by atoms with Gasteiger partial charge in [-0.05, 0) is 59.9 Å². The first-order valence-corrected chi connectivity index (χ1v) is 13.2. The first kappa shape index (κ1) is 25.4. The molecule has 0 saturated heterocycles. The summed E-state index contributed by atoms with van der Waals surface area (Å²) in [4.78, 5) is 26.8. The number of amides is 2. The molecule has 0 aromatic heterocycles. The molecule has 3 aromatic rings. The molecular weight excluding hydrogens is 476 g/mol. The minimum absolute atomic E-state index is 0.0579. The molecule has 0 saturated carbocycles. The zero-order valence-corrected chi connectivity index (χ0v) is 21.1. The average Bonchev–Trinajstić information content (AvgIpc) is 2.87. The molecule has 1 aliphatic heterocycles. The van der Waals surface area contributed by atoms with Crippen LogP contribution in [0.3, 0.4) is 0 Å². The van der Waals surface area contributed by atoms with Gasteiger partial charge in [-0.25, -0.2) is 8.42 Å². The molecule has 0 fully saturated rings. The second-order valence-electron chi connectivity index (χ2n) is 9.01. The summed E-state index contributed by atoms with van der Waals surface area (Å²) in [5.41, 5.74) is 4.16. The Bertz CT molecular complexity index is 1340. The maximum absolute atomic E-state index is 13.3. The molecule has 0 spiro atoms. The standard InChI is InChI=1S/C27H30N4O4S/c1-31(2)22-11-8-20(9-12-22)18-28-27(33)25(16-19-6-4-3-5-7-19)30-36(34,35)23-13-14-24-21(17-23)10-15-26(32)29-24/h3-9,11-14,17,25,30H,10,15-16,18H2,1-2H3,(H,28,33)(H,29,32)/t25-/m0/s1. The molecule has 4 rings (SSSR count). The van der Waals surface area contributed by atoms with Crippen molar-refractivity contribution >= 4 is 33.2 Å². The lowest BCUT2D eigenvalue weighted by atomic mass is 10.0. The fraction of sp³-hybridized carbons (Fsp3) is 0.259. The summed E-state index contributed by atoms with van der Waals surface area (Å²) in [5.74, 6) is -0.503. The number of fused-ring (bicyclic) bond motifs is 1. The molecule has 0 bridgehead atoms. The average molecular weight is 507 g/mol. The van der Waals surface area contributed by atoms with Gasteiger partial charge in [0.05, 0.1) is 4.90 Å². The van der Waals surface area contributed by atoms with Crippen molar-refractivity contribution in [3.8, 4) is 0 Å². The molecule has 0 unspecified atom stereocenters. The molecule has 8 nitrogen and oxygen atoms in total. The van der Waals surface area contributed by atoms with Crippen LogP contribution in [0.15, 0.2) is 77.7 Å². The van der Waals surface area contributed by atoms with Crippen molar-refractivity contribution in [3.05, 3.63) is 89.5 Å². The lowest BCUT2D eigenvalue weighted by molar-refractivity contribution is -0.123. The number of anilines is 2. The highest BCUT2D eigenvalue weighted by Gasteiger charge is 2.27. The number of aryl methyl sites for hydroxylation is 1. The number of nitrogens with one attached hydrogen (secondary N) is 3. The third-order valence-electron chi connectivity index (χ3n) is 6.10. The Balaban J connectivity index is 1.51. The van der Waals surface area contributed by atoms with Crippen LogP contribution in [0.5, 0.6) is 0 Å². The second kappa shape index (κ2) is 10.9. The van der Waals surface area contributed by atoms with Crippen molar-refractivity contribution < 1.29 is 18.0 Å². The summed E-state index contributed by atoms with van der Waals surface area (Å²) in [6.45, 7) is 0.276. The van der Waals surface area contributed by atoms with Gasteiger partial charge in [0.2, 0.25) is 21.8 Å². The summed E-state index contributed by atoms with van der Waals surface area (Å²) in [5, 5.41) is 5.62. The van der Waals surface area contributed by atoms with Crippen LogP contribution in [0.25, 0.3) is 0 Å². The Morgan fingerprint density at radius 3 is 2.39 bits per heavy atom. The third kappa shape index (κ3) is 6.30. The zero-order chi connectivity index (χ0) is 25.7. The third-order valence-corrected chi connectivity index (χ3v) is 7.57. The summed E-state index contributed by atoms with van der Waals surface area (Å²) in [6.07, 6.45) is 0.968. The molecule has 36 heavy (non-hydrogen) atoms. The second-order valence-corrected chi connectivity index (χ2v) is 10.7. The van der Waals surface area contributed by atoms with E-state index in [1.54, 1.807) is 12.1 Å². The lowest BCUT2D eigenvalue weighted by Gasteiger charge is -2.21. The molecule has 9 heteroatoms. The van der Waals surface area contributed by atoms with Gasteiger partial charge in [0.15, 0.2) is 0 Å². The smallest absolute Gasteiger partial charge is 0.241 e. The number of carbonyl (C=O) groups excluding carboxylic acids is 2. The predicted octanol–water partition coefficient (Wildman–Crippen LogP) is 2.84. The Morgan fingerprint density at radius 1 is 0.972 bits per heavy atom. The van der Waals surface area contributed by atoms with Crippen molar-refractivity contribution in [1.82, 2.24) is 10.0 Å². The predicted molar refractivity (Wildman–Crippen MR) is 140 cm³/mol. The van der Waals surface area contributed by atoms with E-state index in [1.165, 1.54) is 6.07 Å². The molecule has 1 heterocycles. The number of carbonyl (C=O) groups is 2. The zero-order valence-electron chi connectivity index (χ0n) is 20.3. The highest BCUT2D eigenvalue weighted by molar-refractivity contribution is 7.89. The fourth-order valence-electron chi connectivity index (χ4n) is 4.04. The largest absolute Gasteiger partial charge is 0.378 e. The van der Waals surface area contributed by atoms with Crippen LogP contribution in [-0.2, 0) is 39.0 Å². The highest BCUT2D eigenvalue weighted by Crippen LogP contribution is 2.25. The van der Waals surface area contributed by atoms with Gasteiger partial charge in [-0.15, -0.1) is 0 Å². The first-order valence-electron chi connectivity index (χ1n) is 11.7. The van der Waals surface area contributed by atoms with E-state index in [1.807, 2.05) is 73.6 Å². The van der Waals surface area contributed by atoms with Gasteiger partial charge in [0, 0.05) is 38.4 Å². The van der Waals surface area contributed by atoms with Crippen LogP contribution in [0.4, 0.5) is 11.4 Å². The molecule has 0 radical (unpaired) electrons. The number of nitrogens with zero attached hydrogens (tertiary/aromatic N) is 1. The van der Waals surface area contributed by atoms with Crippen LogP contribution in [-0.4, -0.2) is 40.4 Å². The Hall–Kier alpha value is -3.69. The SMILES string of the molecule is CN(C)c1ccc(CNC(=O)[C@H](Cc2ccccc2)NS(=O)(=O)c2ccc3c(c2)CCC(=O)N3)cc1.